The van der Waals surface area contributed by atoms with Gasteiger partial charge in [0.05, 0.1) is 6.26 Å². The number of hydrogen-bond donors (Lipinski definition) is 1. The van der Waals surface area contributed by atoms with Gasteiger partial charge in [-0.15, -0.1) is 0 Å². The summed E-state index contributed by atoms with van der Waals surface area (Å²) in [6.45, 7) is 0. The van der Waals surface area contributed by atoms with Crippen molar-refractivity contribution in [2.24, 2.45) is 0 Å². The van der Waals surface area contributed by atoms with Crippen molar-refractivity contribution in [3.8, 4) is 11.5 Å². The zero-order chi connectivity index (χ0) is 11.0. The smallest absolute Gasteiger partial charge is 0.273 e. The summed E-state index contributed by atoms with van der Waals surface area (Å²) < 4.78 is 10.2. The molecule has 0 atom stereocenters. The highest BCUT2D eigenvalue weighted by Gasteiger charge is 2.25. The molecule has 0 radical (unpaired) electrons. The number of hydrogen-bond acceptors (Lipinski definition) is 4. The molecule has 2 aromatic heterocycles. The Labute approximate surface area is 91.4 Å². The molecule has 1 aliphatic rings. The summed E-state index contributed by atoms with van der Waals surface area (Å²) in [7, 11) is 0. The van der Waals surface area contributed by atoms with Crippen molar-refractivity contribution in [2.75, 3.05) is 0 Å². The topological polar surface area (TPSA) is 68.3 Å². The van der Waals surface area contributed by atoms with Crippen LogP contribution in [0.15, 0.2) is 33.4 Å². The maximum absolute atomic E-state index is 11.6. The van der Waals surface area contributed by atoms with E-state index in [0.717, 1.165) is 12.8 Å². The van der Waals surface area contributed by atoms with Crippen molar-refractivity contribution < 1.29 is 13.7 Å². The van der Waals surface area contributed by atoms with E-state index in [2.05, 4.69) is 10.5 Å². The third-order valence-electron chi connectivity index (χ3n) is 2.42. The van der Waals surface area contributed by atoms with E-state index in [9.17, 15) is 4.79 Å². The molecule has 5 heteroatoms. The molecule has 3 rings (SSSR count). The second kappa shape index (κ2) is 3.52. The number of carbonyl (C=O) groups excluding carboxylic acids is 1. The van der Waals surface area contributed by atoms with Crippen molar-refractivity contribution in [1.82, 2.24) is 10.5 Å². The number of nitrogens with zero attached hydrogens (tertiary/aromatic N) is 1. The first kappa shape index (κ1) is 9.21. The molecule has 2 heterocycles. The first-order valence-electron chi connectivity index (χ1n) is 5.14. The molecule has 1 fully saturated rings. The highest BCUT2D eigenvalue weighted by molar-refractivity contribution is 5.93. The van der Waals surface area contributed by atoms with Gasteiger partial charge in [0.25, 0.3) is 5.91 Å². The highest BCUT2D eigenvalue weighted by Crippen LogP contribution is 2.22. The van der Waals surface area contributed by atoms with E-state index in [0.29, 0.717) is 23.3 Å². The molecule has 82 valence electrons. The van der Waals surface area contributed by atoms with Crippen LogP contribution in [0.4, 0.5) is 0 Å². The van der Waals surface area contributed by atoms with Gasteiger partial charge in [0, 0.05) is 12.1 Å². The van der Waals surface area contributed by atoms with Gasteiger partial charge >= 0.3 is 0 Å². The number of rotatable bonds is 3. The molecule has 0 aliphatic heterocycles. The van der Waals surface area contributed by atoms with Gasteiger partial charge in [0.2, 0.25) is 5.76 Å². The summed E-state index contributed by atoms with van der Waals surface area (Å²) in [5, 5.41) is 6.54. The number of nitrogens with one attached hydrogen (secondary N) is 1. The Morgan fingerprint density at radius 1 is 1.44 bits per heavy atom. The van der Waals surface area contributed by atoms with Crippen LogP contribution >= 0.6 is 0 Å². The molecular formula is C11H10N2O3. The number of furan rings is 1. The van der Waals surface area contributed by atoms with E-state index < -0.39 is 0 Å². The minimum Gasteiger partial charge on any atom is -0.461 e. The summed E-state index contributed by atoms with van der Waals surface area (Å²) in [6.07, 6.45) is 3.64. The fourth-order valence-corrected chi connectivity index (χ4v) is 1.40. The molecular weight excluding hydrogens is 208 g/mol. The Morgan fingerprint density at radius 2 is 2.31 bits per heavy atom. The summed E-state index contributed by atoms with van der Waals surface area (Å²) in [6, 6.07) is 5.40. The van der Waals surface area contributed by atoms with E-state index in [1.807, 2.05) is 0 Å². The second-order valence-electron chi connectivity index (χ2n) is 3.80. The molecule has 0 bridgehead atoms. The Bertz CT molecular complexity index is 497. The zero-order valence-corrected chi connectivity index (χ0v) is 8.47. The Morgan fingerprint density at radius 3 is 3.00 bits per heavy atom. The van der Waals surface area contributed by atoms with Crippen molar-refractivity contribution in [3.05, 3.63) is 30.2 Å². The standard InChI is InChI=1S/C11H10N2O3/c14-11(12-7-3-4-7)8-6-10(16-13-8)9-2-1-5-15-9/h1-2,5-7H,3-4H2,(H,12,14). The van der Waals surface area contributed by atoms with E-state index in [-0.39, 0.29) is 5.91 Å². The summed E-state index contributed by atoms with van der Waals surface area (Å²) in [4.78, 5) is 11.6. The molecule has 1 saturated carbocycles. The van der Waals surface area contributed by atoms with Gasteiger partial charge in [-0.2, -0.15) is 0 Å². The second-order valence-corrected chi connectivity index (χ2v) is 3.80. The van der Waals surface area contributed by atoms with Gasteiger partial charge in [-0.1, -0.05) is 5.16 Å². The van der Waals surface area contributed by atoms with Crippen molar-refractivity contribution in [3.63, 3.8) is 0 Å². The predicted octanol–water partition coefficient (Wildman–Crippen LogP) is 1.83. The van der Waals surface area contributed by atoms with Gasteiger partial charge in [-0.3, -0.25) is 4.79 Å². The van der Waals surface area contributed by atoms with Gasteiger partial charge in [-0.25, -0.2) is 0 Å². The number of carbonyl (C=O) groups is 1. The lowest BCUT2D eigenvalue weighted by molar-refractivity contribution is 0.0942. The Balaban J connectivity index is 1.79. The largest absolute Gasteiger partial charge is 0.461 e. The first-order chi connectivity index (χ1) is 7.83. The van der Waals surface area contributed by atoms with Gasteiger partial charge in [0.1, 0.15) is 0 Å². The van der Waals surface area contributed by atoms with Crippen LogP contribution in [-0.2, 0) is 0 Å². The predicted molar refractivity (Wildman–Crippen MR) is 54.7 cm³/mol. The molecule has 0 aromatic carbocycles. The quantitative estimate of drug-likeness (QED) is 0.853. The zero-order valence-electron chi connectivity index (χ0n) is 8.47. The van der Waals surface area contributed by atoms with Crippen molar-refractivity contribution >= 4 is 5.91 Å². The molecule has 1 amide bonds. The number of aromatic nitrogens is 1. The number of amides is 1. The van der Waals surface area contributed by atoms with Crippen LogP contribution in [0.5, 0.6) is 0 Å². The summed E-state index contributed by atoms with van der Waals surface area (Å²) in [5.41, 5.74) is 0.290. The van der Waals surface area contributed by atoms with E-state index >= 15 is 0 Å². The maximum atomic E-state index is 11.6. The Kier molecular flexibility index (Phi) is 2.02. The van der Waals surface area contributed by atoms with Crippen LogP contribution in [0, 0.1) is 0 Å². The average Bonchev–Trinajstić information content (AvgIpc) is 2.84. The monoisotopic (exact) mass is 218 g/mol. The first-order valence-corrected chi connectivity index (χ1v) is 5.14. The van der Waals surface area contributed by atoms with E-state index in [1.54, 1.807) is 24.5 Å². The third kappa shape index (κ3) is 1.71. The van der Waals surface area contributed by atoms with Gasteiger partial charge < -0.3 is 14.3 Å². The average molecular weight is 218 g/mol. The molecule has 2 aromatic rings. The minimum atomic E-state index is -0.191. The molecule has 1 N–H and O–H groups in total. The van der Waals surface area contributed by atoms with E-state index in [4.69, 9.17) is 8.94 Å². The molecule has 0 saturated heterocycles. The highest BCUT2D eigenvalue weighted by atomic mass is 16.5. The maximum Gasteiger partial charge on any atom is 0.273 e. The normalized spacial score (nSPS) is 15.0. The molecule has 0 unspecified atom stereocenters. The molecule has 0 spiro atoms. The van der Waals surface area contributed by atoms with Crippen LogP contribution in [-0.4, -0.2) is 17.1 Å². The van der Waals surface area contributed by atoms with E-state index in [1.165, 1.54) is 0 Å². The minimum absolute atomic E-state index is 0.191. The fraction of sp³-hybridized carbons (Fsp3) is 0.273. The summed E-state index contributed by atoms with van der Waals surface area (Å²) in [5.74, 6) is 0.841. The summed E-state index contributed by atoms with van der Waals surface area (Å²) >= 11 is 0. The van der Waals surface area contributed by atoms with Crippen LogP contribution in [0.2, 0.25) is 0 Å². The molecule has 1 aliphatic carbocycles. The molecule has 16 heavy (non-hydrogen) atoms. The molecule has 5 nitrogen and oxygen atoms in total. The third-order valence-corrected chi connectivity index (χ3v) is 2.42. The van der Waals surface area contributed by atoms with Crippen molar-refractivity contribution in [1.29, 1.82) is 0 Å². The van der Waals surface area contributed by atoms with Gasteiger partial charge in [0.15, 0.2) is 11.5 Å². The Hall–Kier alpha value is -2.04. The van der Waals surface area contributed by atoms with Crippen molar-refractivity contribution in [2.45, 2.75) is 18.9 Å². The lowest BCUT2D eigenvalue weighted by atomic mass is 10.3. The SMILES string of the molecule is O=C(NC1CC1)c1cc(-c2ccco2)on1. The van der Waals surface area contributed by atoms with Gasteiger partial charge in [-0.05, 0) is 25.0 Å². The van der Waals surface area contributed by atoms with Crippen LogP contribution in [0.3, 0.4) is 0 Å². The fourth-order valence-electron chi connectivity index (χ4n) is 1.40. The lowest BCUT2D eigenvalue weighted by Crippen LogP contribution is -2.25. The van der Waals surface area contributed by atoms with Crippen LogP contribution in [0.1, 0.15) is 23.3 Å². The van der Waals surface area contributed by atoms with Crippen LogP contribution in [0.25, 0.3) is 11.5 Å². The lowest BCUT2D eigenvalue weighted by Gasteiger charge is -1.96. The van der Waals surface area contributed by atoms with Crippen LogP contribution < -0.4 is 5.32 Å².